The minimum absolute atomic E-state index is 0.0342. The van der Waals surface area contributed by atoms with E-state index in [4.69, 9.17) is 9.47 Å². The summed E-state index contributed by atoms with van der Waals surface area (Å²) in [4.78, 5) is 12.4. The van der Waals surface area contributed by atoms with Crippen molar-refractivity contribution in [1.29, 1.82) is 0 Å². The fourth-order valence-corrected chi connectivity index (χ4v) is 2.16. The molecule has 0 spiro atoms. The Morgan fingerprint density at radius 1 is 1.05 bits per heavy atom. The Morgan fingerprint density at radius 3 is 2.45 bits per heavy atom. The molecule has 0 saturated heterocycles. The van der Waals surface area contributed by atoms with Crippen molar-refractivity contribution in [1.82, 2.24) is 0 Å². The van der Waals surface area contributed by atoms with Gasteiger partial charge in [-0.1, -0.05) is 42.5 Å². The lowest BCUT2D eigenvalue weighted by atomic mass is 10.00. The van der Waals surface area contributed by atoms with Gasteiger partial charge in [0.2, 0.25) is 0 Å². The smallest absolute Gasteiger partial charge is 0.170 e. The Balaban J connectivity index is 2.13. The predicted octanol–water partition coefficient (Wildman–Crippen LogP) is 3.19. The number of hydrogen-bond acceptors (Lipinski definition) is 3. The van der Waals surface area contributed by atoms with Gasteiger partial charge >= 0.3 is 0 Å². The van der Waals surface area contributed by atoms with Gasteiger partial charge < -0.3 is 9.47 Å². The van der Waals surface area contributed by atoms with E-state index in [0.29, 0.717) is 6.42 Å². The van der Waals surface area contributed by atoms with Gasteiger partial charge in [0.1, 0.15) is 11.9 Å². The number of carbonyl (C=O) groups excluding carboxylic acids is 1. The first-order chi connectivity index (χ1) is 9.74. The zero-order valence-corrected chi connectivity index (χ0v) is 11.7. The first-order valence-electron chi connectivity index (χ1n) is 6.48. The van der Waals surface area contributed by atoms with Gasteiger partial charge in [-0.25, -0.2) is 0 Å². The molecular weight excluding hydrogens is 252 g/mol. The second-order valence-electron chi connectivity index (χ2n) is 4.52. The molecule has 0 N–H and O–H groups in total. The normalized spacial score (nSPS) is 11.9. The van der Waals surface area contributed by atoms with Crippen molar-refractivity contribution in [3.8, 4) is 5.75 Å². The highest BCUT2D eigenvalue weighted by atomic mass is 16.5. The van der Waals surface area contributed by atoms with E-state index in [-0.39, 0.29) is 5.78 Å². The summed E-state index contributed by atoms with van der Waals surface area (Å²) in [6.45, 7) is 0. The number of Topliss-reactive ketones (excluding diaryl/α,β-unsaturated/α-hetero) is 1. The van der Waals surface area contributed by atoms with E-state index in [9.17, 15) is 4.79 Å². The summed E-state index contributed by atoms with van der Waals surface area (Å²) in [6, 6.07) is 17.1. The van der Waals surface area contributed by atoms with E-state index in [1.54, 1.807) is 14.2 Å². The third kappa shape index (κ3) is 3.45. The van der Waals surface area contributed by atoms with Crippen LogP contribution in [0.15, 0.2) is 54.6 Å². The van der Waals surface area contributed by atoms with Crippen LogP contribution in [0.1, 0.15) is 17.2 Å². The van der Waals surface area contributed by atoms with Gasteiger partial charge in [-0.2, -0.15) is 0 Å². The maximum atomic E-state index is 12.4. The van der Waals surface area contributed by atoms with Crippen LogP contribution in [0.3, 0.4) is 0 Å². The summed E-state index contributed by atoms with van der Waals surface area (Å²) in [7, 11) is 3.17. The van der Waals surface area contributed by atoms with Crippen molar-refractivity contribution in [2.75, 3.05) is 14.2 Å². The molecule has 0 aliphatic rings. The number of ether oxygens (including phenoxy) is 2. The molecule has 3 nitrogen and oxygen atoms in total. The third-order valence-corrected chi connectivity index (χ3v) is 3.14. The highest BCUT2D eigenvalue weighted by Gasteiger charge is 2.19. The number of ketones is 1. The summed E-state index contributed by atoms with van der Waals surface area (Å²) in [5.74, 6) is 0.788. The first kappa shape index (κ1) is 14.3. The van der Waals surface area contributed by atoms with Crippen molar-refractivity contribution in [3.05, 3.63) is 65.7 Å². The van der Waals surface area contributed by atoms with Gasteiger partial charge in [0.05, 0.1) is 7.11 Å². The molecule has 0 saturated carbocycles. The molecule has 0 bridgehead atoms. The Labute approximate surface area is 119 Å². The topological polar surface area (TPSA) is 35.5 Å². The van der Waals surface area contributed by atoms with Crippen LogP contribution in [0.25, 0.3) is 0 Å². The standard InChI is InChI=1S/C17H18O3/c1-19-15-10-6-7-13(11-15)12-16(18)17(20-2)14-8-4-3-5-9-14/h3-11,17H,12H2,1-2H3. The highest BCUT2D eigenvalue weighted by Crippen LogP contribution is 2.21. The Morgan fingerprint density at radius 2 is 1.80 bits per heavy atom. The van der Waals surface area contributed by atoms with Gasteiger partial charge in [0.25, 0.3) is 0 Å². The van der Waals surface area contributed by atoms with E-state index in [1.165, 1.54) is 0 Å². The molecule has 3 heteroatoms. The molecule has 104 valence electrons. The number of rotatable bonds is 6. The number of carbonyl (C=O) groups is 1. The summed E-state index contributed by atoms with van der Waals surface area (Å²) < 4.78 is 10.5. The van der Waals surface area contributed by atoms with Gasteiger partial charge in [-0.05, 0) is 23.3 Å². The maximum Gasteiger partial charge on any atom is 0.170 e. The minimum atomic E-state index is -0.526. The Hall–Kier alpha value is -2.13. The molecule has 1 unspecified atom stereocenters. The van der Waals surface area contributed by atoms with Crippen LogP contribution in [0.5, 0.6) is 5.75 Å². The fourth-order valence-electron chi connectivity index (χ4n) is 2.16. The average Bonchev–Trinajstić information content (AvgIpc) is 2.49. The number of methoxy groups -OCH3 is 2. The first-order valence-corrected chi connectivity index (χ1v) is 6.48. The van der Waals surface area contributed by atoms with Crippen molar-refractivity contribution in [3.63, 3.8) is 0 Å². The third-order valence-electron chi connectivity index (χ3n) is 3.14. The van der Waals surface area contributed by atoms with E-state index in [0.717, 1.165) is 16.9 Å². The number of benzene rings is 2. The summed E-state index contributed by atoms with van der Waals surface area (Å²) in [6.07, 6.45) is -0.202. The van der Waals surface area contributed by atoms with Gasteiger partial charge in [0.15, 0.2) is 5.78 Å². The second kappa shape index (κ2) is 6.87. The molecule has 0 aliphatic heterocycles. The van der Waals surface area contributed by atoms with E-state index in [1.807, 2.05) is 54.6 Å². The molecule has 0 fully saturated rings. The summed E-state index contributed by atoms with van der Waals surface area (Å²) in [5, 5.41) is 0. The average molecular weight is 270 g/mol. The van der Waals surface area contributed by atoms with E-state index < -0.39 is 6.10 Å². The fraction of sp³-hybridized carbons (Fsp3) is 0.235. The molecule has 0 heterocycles. The molecular formula is C17H18O3. The lowest BCUT2D eigenvalue weighted by Crippen LogP contribution is -2.16. The molecule has 0 amide bonds. The summed E-state index contributed by atoms with van der Waals surface area (Å²) in [5.41, 5.74) is 1.80. The van der Waals surface area contributed by atoms with Crippen molar-refractivity contribution in [2.24, 2.45) is 0 Å². The Bertz CT molecular complexity index is 563. The lowest BCUT2D eigenvalue weighted by Gasteiger charge is -2.14. The summed E-state index contributed by atoms with van der Waals surface area (Å²) >= 11 is 0. The van der Waals surface area contributed by atoms with Crippen molar-refractivity contribution >= 4 is 5.78 Å². The predicted molar refractivity (Wildman–Crippen MR) is 77.9 cm³/mol. The van der Waals surface area contributed by atoms with Gasteiger partial charge in [0, 0.05) is 13.5 Å². The van der Waals surface area contributed by atoms with Gasteiger partial charge in [-0.15, -0.1) is 0 Å². The molecule has 2 rings (SSSR count). The molecule has 0 aliphatic carbocycles. The van der Waals surface area contributed by atoms with Crippen molar-refractivity contribution in [2.45, 2.75) is 12.5 Å². The van der Waals surface area contributed by atoms with Crippen LogP contribution in [0, 0.1) is 0 Å². The van der Waals surface area contributed by atoms with Crippen LogP contribution in [0.4, 0.5) is 0 Å². The number of hydrogen-bond donors (Lipinski definition) is 0. The van der Waals surface area contributed by atoms with E-state index >= 15 is 0 Å². The molecule has 0 radical (unpaired) electrons. The maximum absolute atomic E-state index is 12.4. The highest BCUT2D eigenvalue weighted by molar-refractivity contribution is 5.86. The van der Waals surface area contributed by atoms with Crippen LogP contribution < -0.4 is 4.74 Å². The molecule has 2 aromatic rings. The van der Waals surface area contributed by atoms with E-state index in [2.05, 4.69) is 0 Å². The van der Waals surface area contributed by atoms with Crippen molar-refractivity contribution < 1.29 is 14.3 Å². The van der Waals surface area contributed by atoms with Crippen LogP contribution in [-0.2, 0) is 16.0 Å². The molecule has 0 aromatic heterocycles. The largest absolute Gasteiger partial charge is 0.497 e. The zero-order valence-electron chi connectivity index (χ0n) is 11.7. The monoisotopic (exact) mass is 270 g/mol. The quantitative estimate of drug-likeness (QED) is 0.808. The molecule has 20 heavy (non-hydrogen) atoms. The minimum Gasteiger partial charge on any atom is -0.497 e. The lowest BCUT2D eigenvalue weighted by molar-refractivity contribution is -0.128. The zero-order chi connectivity index (χ0) is 14.4. The molecule has 1 atom stereocenters. The van der Waals surface area contributed by atoms with Crippen LogP contribution in [-0.4, -0.2) is 20.0 Å². The van der Waals surface area contributed by atoms with Gasteiger partial charge in [-0.3, -0.25) is 4.79 Å². The SMILES string of the molecule is COc1cccc(CC(=O)C(OC)c2ccccc2)c1. The molecule has 2 aromatic carbocycles. The van der Waals surface area contributed by atoms with Crippen LogP contribution in [0.2, 0.25) is 0 Å². The Kier molecular flexibility index (Phi) is 4.91. The second-order valence-corrected chi connectivity index (χ2v) is 4.52. The van der Waals surface area contributed by atoms with Crippen LogP contribution >= 0.6 is 0 Å².